The van der Waals surface area contributed by atoms with Gasteiger partial charge in [0, 0.05) is 6.42 Å². The number of rotatable bonds is 8. The van der Waals surface area contributed by atoms with Crippen LogP contribution >= 0.6 is 0 Å². The lowest BCUT2D eigenvalue weighted by Gasteiger charge is -2.17. The number of hydrogen-bond donors (Lipinski definition) is 1. The molecular weight excluding hydrogens is 222 g/mol. The predicted octanol–water partition coefficient (Wildman–Crippen LogP) is 2.03. The van der Waals surface area contributed by atoms with Gasteiger partial charge in [-0.25, -0.2) is 4.79 Å². The van der Waals surface area contributed by atoms with Crippen molar-refractivity contribution in [3.05, 3.63) is 24.9 Å². The van der Waals surface area contributed by atoms with E-state index in [9.17, 15) is 4.79 Å². The summed E-state index contributed by atoms with van der Waals surface area (Å²) < 4.78 is 5.58. The summed E-state index contributed by atoms with van der Waals surface area (Å²) in [5.41, 5.74) is 1.95. The average molecular weight is 241 g/mol. The Morgan fingerprint density at radius 2 is 2.12 bits per heavy atom. The first kappa shape index (κ1) is 14.8. The van der Waals surface area contributed by atoms with Crippen LogP contribution in [-0.2, 0) is 9.22 Å². The molecule has 0 amide bonds. The van der Waals surface area contributed by atoms with Gasteiger partial charge >= 0.3 is 5.97 Å². The van der Waals surface area contributed by atoms with Gasteiger partial charge in [0.15, 0.2) is 0 Å². The molecule has 0 fully saturated rings. The Morgan fingerprint density at radius 1 is 1.50 bits per heavy atom. The third-order valence-electron chi connectivity index (χ3n) is 1.94. The van der Waals surface area contributed by atoms with Gasteiger partial charge in [0.05, 0.1) is 13.2 Å². The van der Waals surface area contributed by atoms with Crippen molar-refractivity contribution in [2.75, 3.05) is 13.2 Å². The fourth-order valence-electron chi connectivity index (χ4n) is 0.904. The third-order valence-corrected chi connectivity index (χ3v) is 3.88. The highest BCUT2D eigenvalue weighted by Gasteiger charge is 2.16. The van der Waals surface area contributed by atoms with Gasteiger partial charge in [-0.1, -0.05) is 11.8 Å². The van der Waals surface area contributed by atoms with Crippen LogP contribution in [0.2, 0.25) is 13.1 Å². The molecule has 0 aliphatic carbocycles. The van der Waals surface area contributed by atoms with Gasteiger partial charge in [-0.3, -0.25) is 4.99 Å². The smallest absolute Gasteiger partial charge is 0.350 e. The highest BCUT2D eigenvalue weighted by molar-refractivity contribution is 6.76. The molecule has 0 radical (unpaired) electrons. The maximum Gasteiger partial charge on any atom is 0.350 e. The van der Waals surface area contributed by atoms with Crippen LogP contribution in [0, 0.1) is 0 Å². The van der Waals surface area contributed by atoms with Gasteiger partial charge in [-0.05, 0) is 13.1 Å². The Bertz CT molecular complexity index is 298. The fraction of sp³-hybridized carbons (Fsp3) is 0.455. The van der Waals surface area contributed by atoms with Crippen LogP contribution in [0.15, 0.2) is 29.9 Å². The van der Waals surface area contributed by atoms with Crippen molar-refractivity contribution in [3.8, 4) is 0 Å². The summed E-state index contributed by atoms with van der Waals surface area (Å²) >= 11 is 0. The summed E-state index contributed by atoms with van der Waals surface area (Å²) in [6.45, 7) is 12.0. The van der Waals surface area contributed by atoms with Crippen molar-refractivity contribution < 1.29 is 14.3 Å². The molecule has 0 aromatic carbocycles. The van der Waals surface area contributed by atoms with E-state index >= 15 is 0 Å². The van der Waals surface area contributed by atoms with E-state index < -0.39 is 14.3 Å². The first-order valence-corrected chi connectivity index (χ1v) is 8.06. The highest BCUT2D eigenvalue weighted by Crippen LogP contribution is 2.04. The monoisotopic (exact) mass is 241 g/mol. The molecule has 0 aromatic rings. The molecule has 1 N–H and O–H groups in total. The molecule has 4 nitrogen and oxygen atoms in total. The molecule has 0 rings (SSSR count). The van der Waals surface area contributed by atoms with Crippen LogP contribution in [0.4, 0.5) is 0 Å². The Labute approximate surface area is 97.5 Å². The predicted molar refractivity (Wildman–Crippen MR) is 68.4 cm³/mol. The summed E-state index contributed by atoms with van der Waals surface area (Å²) in [6, 6.07) is 0. The van der Waals surface area contributed by atoms with Crippen molar-refractivity contribution in [1.82, 2.24) is 0 Å². The van der Waals surface area contributed by atoms with Gasteiger partial charge in [0.2, 0.25) is 8.32 Å². The zero-order chi connectivity index (χ0) is 12.6. The minimum atomic E-state index is -1.77. The summed E-state index contributed by atoms with van der Waals surface area (Å²) in [6.07, 6.45) is 1.80. The van der Waals surface area contributed by atoms with E-state index in [1.807, 2.05) is 18.8 Å². The number of carboxylic acids is 1. The minimum absolute atomic E-state index is 0.122. The maximum absolute atomic E-state index is 10.7. The molecule has 0 heterocycles. The normalized spacial score (nSPS) is 12.2. The molecule has 0 aliphatic heterocycles. The van der Waals surface area contributed by atoms with Crippen molar-refractivity contribution in [3.63, 3.8) is 0 Å². The topological polar surface area (TPSA) is 58.9 Å². The van der Waals surface area contributed by atoms with Crippen LogP contribution in [0.3, 0.4) is 0 Å². The van der Waals surface area contributed by atoms with Gasteiger partial charge in [-0.15, -0.1) is 13.2 Å². The second kappa shape index (κ2) is 7.13. The third kappa shape index (κ3) is 6.31. The number of aliphatic imine (C=N–C) groups is 1. The molecule has 16 heavy (non-hydrogen) atoms. The summed E-state index contributed by atoms with van der Waals surface area (Å²) in [5, 5.41) is 8.78. The Morgan fingerprint density at radius 3 is 2.56 bits per heavy atom. The summed E-state index contributed by atoms with van der Waals surface area (Å²) in [7, 11) is -1.77. The lowest BCUT2D eigenvalue weighted by molar-refractivity contribution is -0.129. The number of aliphatic carboxylic acids is 1. The molecule has 0 atom stereocenters. The first-order chi connectivity index (χ1) is 7.43. The first-order valence-electron chi connectivity index (χ1n) is 5.08. The largest absolute Gasteiger partial charge is 0.477 e. The van der Waals surface area contributed by atoms with Crippen LogP contribution in [-0.4, -0.2) is 38.3 Å². The van der Waals surface area contributed by atoms with E-state index in [1.165, 1.54) is 6.08 Å². The lowest BCUT2D eigenvalue weighted by Crippen LogP contribution is -2.29. The van der Waals surface area contributed by atoms with Crippen molar-refractivity contribution in [2.24, 2.45) is 4.99 Å². The zero-order valence-corrected chi connectivity index (χ0v) is 10.9. The standard InChI is InChI=1S/C11H19NO3Si/c1-5-7-10(11(13)14)12-8-9-15-16(3,4)6-2/h5-6H,1-2,7-9H2,3-4H3,(H,13,14). The second-order valence-electron chi connectivity index (χ2n) is 3.78. The van der Waals surface area contributed by atoms with E-state index in [0.29, 0.717) is 13.2 Å². The van der Waals surface area contributed by atoms with Crippen molar-refractivity contribution in [1.29, 1.82) is 0 Å². The van der Waals surface area contributed by atoms with Crippen molar-refractivity contribution in [2.45, 2.75) is 19.5 Å². The lowest BCUT2D eigenvalue weighted by atomic mass is 10.3. The molecule has 0 spiro atoms. The molecule has 0 aromatic heterocycles. The average Bonchev–Trinajstić information content (AvgIpc) is 2.22. The highest BCUT2D eigenvalue weighted by atomic mass is 28.4. The van der Waals surface area contributed by atoms with E-state index in [1.54, 1.807) is 0 Å². The van der Waals surface area contributed by atoms with Crippen LogP contribution in [0.1, 0.15) is 6.42 Å². The van der Waals surface area contributed by atoms with Crippen LogP contribution in [0.25, 0.3) is 0 Å². The van der Waals surface area contributed by atoms with Crippen molar-refractivity contribution >= 4 is 20.0 Å². The van der Waals surface area contributed by atoms with E-state index in [-0.39, 0.29) is 12.1 Å². The van der Waals surface area contributed by atoms with Gasteiger partial charge in [0.25, 0.3) is 0 Å². The van der Waals surface area contributed by atoms with Crippen LogP contribution in [0.5, 0.6) is 0 Å². The quantitative estimate of drug-likeness (QED) is 0.306. The molecule has 0 aliphatic rings. The van der Waals surface area contributed by atoms with Gasteiger partial charge < -0.3 is 9.53 Å². The van der Waals surface area contributed by atoms with E-state index in [2.05, 4.69) is 18.2 Å². The van der Waals surface area contributed by atoms with Crippen LogP contribution < -0.4 is 0 Å². The molecular formula is C11H19NO3Si. The minimum Gasteiger partial charge on any atom is -0.477 e. The number of allylic oxidation sites excluding steroid dienone is 1. The number of carboxylic acid groups (broad SMARTS) is 1. The summed E-state index contributed by atoms with van der Waals surface area (Å²) in [5.74, 6) is -1.000. The number of nitrogens with zero attached hydrogens (tertiary/aromatic N) is 1. The molecule has 0 bridgehead atoms. The number of carbonyl (C=O) groups is 1. The molecule has 0 saturated carbocycles. The van der Waals surface area contributed by atoms with E-state index in [0.717, 1.165) is 0 Å². The maximum atomic E-state index is 10.7. The second-order valence-corrected chi connectivity index (χ2v) is 7.69. The Kier molecular flexibility index (Phi) is 6.60. The Balaban J connectivity index is 4.10. The molecule has 90 valence electrons. The SMILES string of the molecule is C=CCC(=NCCO[Si](C)(C)C=C)C(=O)O. The fourth-order valence-corrected chi connectivity index (χ4v) is 1.64. The summed E-state index contributed by atoms with van der Waals surface area (Å²) in [4.78, 5) is 14.7. The number of hydrogen-bond acceptors (Lipinski definition) is 3. The molecule has 5 heteroatoms. The van der Waals surface area contributed by atoms with Gasteiger partial charge in [-0.2, -0.15) is 0 Å². The molecule has 0 unspecified atom stereocenters. The van der Waals surface area contributed by atoms with E-state index in [4.69, 9.17) is 9.53 Å². The Hall–Kier alpha value is -1.20. The van der Waals surface area contributed by atoms with Gasteiger partial charge in [0.1, 0.15) is 5.71 Å². The zero-order valence-electron chi connectivity index (χ0n) is 9.90. The molecule has 0 saturated heterocycles.